The monoisotopic (exact) mass is 675 g/mol. The minimum atomic E-state index is -0.615. The van der Waals surface area contributed by atoms with E-state index >= 15 is 8.78 Å². The van der Waals surface area contributed by atoms with Gasteiger partial charge in [0.25, 0.3) is 0 Å². The number of aliphatic hydroxyl groups excluding tert-OH is 1. The van der Waals surface area contributed by atoms with Gasteiger partial charge in [0.15, 0.2) is 11.6 Å². The van der Waals surface area contributed by atoms with Crippen molar-refractivity contribution in [2.45, 2.75) is 70.1 Å². The molecule has 0 saturated carbocycles. The van der Waals surface area contributed by atoms with Gasteiger partial charge in [0.1, 0.15) is 22.4 Å². The fourth-order valence-electron chi connectivity index (χ4n) is 8.30. The first-order chi connectivity index (χ1) is 23.0. The molecule has 4 aromatic rings. The van der Waals surface area contributed by atoms with E-state index < -0.39 is 17.7 Å². The predicted octanol–water partition coefficient (Wildman–Crippen LogP) is 4.23. The van der Waals surface area contributed by atoms with Crippen molar-refractivity contribution in [3.8, 4) is 17.3 Å². The molecule has 3 unspecified atom stereocenters. The number of likely N-dealkylation sites (N-methyl/N-ethyl adjacent to an activating group) is 1. The number of nitrogens with two attached hydrogens (primary N) is 1. The number of benzene rings is 1. The van der Waals surface area contributed by atoms with Crippen LogP contribution in [-0.2, 0) is 18.0 Å². The van der Waals surface area contributed by atoms with Crippen molar-refractivity contribution in [2.75, 3.05) is 62.4 Å². The molecule has 3 aromatic heterocycles. The van der Waals surface area contributed by atoms with Crippen LogP contribution >= 0.6 is 11.3 Å². The highest BCUT2D eigenvalue weighted by Gasteiger charge is 2.44. The Morgan fingerprint density at radius 1 is 1.19 bits per heavy atom. The van der Waals surface area contributed by atoms with Crippen LogP contribution in [0.25, 0.3) is 32.2 Å². The number of piperazine rings is 1. The summed E-state index contributed by atoms with van der Waals surface area (Å²) in [6.45, 7) is 7.94. The first-order valence-electron chi connectivity index (χ1n) is 16.5. The topological polar surface area (TPSA) is 131 Å². The highest BCUT2D eigenvalue weighted by Crippen LogP contribution is 2.48. The van der Waals surface area contributed by atoms with E-state index in [1.807, 2.05) is 6.92 Å². The quantitative estimate of drug-likeness (QED) is 0.305. The van der Waals surface area contributed by atoms with Gasteiger partial charge in [0, 0.05) is 61.3 Å². The Labute approximate surface area is 281 Å². The van der Waals surface area contributed by atoms with Crippen LogP contribution in [0.2, 0.25) is 0 Å². The Morgan fingerprint density at radius 3 is 2.58 bits per heavy atom. The third-order valence-electron chi connectivity index (χ3n) is 11.0. The number of nitrogens with zero attached hydrogens (tertiary/aromatic N) is 8. The zero-order valence-corrected chi connectivity index (χ0v) is 28.4. The van der Waals surface area contributed by atoms with Crippen molar-refractivity contribution in [3.63, 3.8) is 0 Å². The van der Waals surface area contributed by atoms with Crippen molar-refractivity contribution >= 4 is 49.1 Å². The summed E-state index contributed by atoms with van der Waals surface area (Å²) in [5, 5.41) is 21.1. The third-order valence-corrected chi connectivity index (χ3v) is 12.0. The summed E-state index contributed by atoms with van der Waals surface area (Å²) in [5.41, 5.74) is 8.01. The van der Waals surface area contributed by atoms with Crippen LogP contribution in [0.1, 0.15) is 49.8 Å². The van der Waals surface area contributed by atoms with Crippen molar-refractivity contribution in [3.05, 3.63) is 34.5 Å². The average molecular weight is 676 g/mol. The summed E-state index contributed by atoms with van der Waals surface area (Å²) in [5.74, 6) is -0.0362. The Kier molecular flexibility index (Phi) is 7.50. The number of β-amino-alcohol motifs (C(OH)–C–C–N with tert-alkyl or cyclic N) is 1. The molecule has 4 atom stereocenters. The Morgan fingerprint density at radius 2 is 1.92 bits per heavy atom. The molecule has 2 bridgehead atoms. The van der Waals surface area contributed by atoms with Gasteiger partial charge in [-0.15, -0.1) is 11.3 Å². The second-order valence-corrected chi connectivity index (χ2v) is 15.3. The number of anilines is 3. The van der Waals surface area contributed by atoms with Gasteiger partial charge in [-0.25, -0.2) is 13.8 Å². The van der Waals surface area contributed by atoms with E-state index in [4.69, 9.17) is 20.4 Å². The second-order valence-electron chi connectivity index (χ2n) is 14.2. The molecule has 0 amide bonds. The molecule has 3 fully saturated rings. The van der Waals surface area contributed by atoms with Crippen LogP contribution in [0, 0.1) is 23.0 Å². The summed E-state index contributed by atoms with van der Waals surface area (Å²) in [6, 6.07) is 2.38. The number of thiophene rings is 1. The average Bonchev–Trinajstić information content (AvgIpc) is 3.82. The number of ether oxygens (including phenoxy) is 1. The van der Waals surface area contributed by atoms with E-state index in [1.54, 1.807) is 0 Å². The standard InChI is InChI=1S/C34H39F2N9O2S/c1-17(46)11-43-12-18-5-6-19(13-43)45(18)32-26-22-15-47-14-21(22)24(28-25-20(9-37)31(38)48-30(25)23(35)10-39-28)27(36)29(26)40-33(41-32)44-8-7-34(2,16-44)42(3)4/h10,17-19,46H,5-8,11-16,38H2,1-4H3/t17?,18?,19?,34-/m0/s1. The number of hydrogen-bond donors (Lipinski definition) is 2. The van der Waals surface area contributed by atoms with Crippen molar-refractivity contribution in [1.82, 2.24) is 24.8 Å². The highest BCUT2D eigenvalue weighted by molar-refractivity contribution is 7.23. The van der Waals surface area contributed by atoms with Gasteiger partial charge < -0.3 is 30.3 Å². The lowest BCUT2D eigenvalue weighted by molar-refractivity contribution is 0.111. The van der Waals surface area contributed by atoms with Gasteiger partial charge in [0.05, 0.1) is 46.9 Å². The molecule has 1 aromatic carbocycles. The SMILES string of the molecule is CC(O)CN1CC2CCC(C1)N2c1nc(N2CC[C@](C)(N(C)C)C2)nc2c(F)c(-c3ncc(F)c4sc(N)c(C#N)c34)c3c(c12)COC3. The smallest absolute Gasteiger partial charge is 0.228 e. The van der Waals surface area contributed by atoms with E-state index in [9.17, 15) is 10.4 Å². The van der Waals surface area contributed by atoms with Gasteiger partial charge in [-0.2, -0.15) is 10.2 Å². The predicted molar refractivity (Wildman–Crippen MR) is 182 cm³/mol. The maximum atomic E-state index is 17.5. The molecular weight excluding hydrogens is 636 g/mol. The van der Waals surface area contributed by atoms with Gasteiger partial charge in [-0.05, 0) is 58.3 Å². The molecule has 0 spiro atoms. The van der Waals surface area contributed by atoms with E-state index in [1.165, 1.54) is 0 Å². The minimum absolute atomic E-state index is 0.0832. The Bertz CT molecular complexity index is 2000. The molecular formula is C34H39F2N9O2S. The maximum Gasteiger partial charge on any atom is 0.228 e. The van der Waals surface area contributed by atoms with Crippen LogP contribution in [0.15, 0.2) is 6.20 Å². The summed E-state index contributed by atoms with van der Waals surface area (Å²) in [6.07, 6.45) is 3.48. The summed E-state index contributed by atoms with van der Waals surface area (Å²) < 4.78 is 38.7. The second kappa shape index (κ2) is 11.4. The number of fused-ring (bicyclic) bond motifs is 6. The van der Waals surface area contributed by atoms with Crippen molar-refractivity contribution in [2.24, 2.45) is 0 Å². The largest absolute Gasteiger partial charge is 0.392 e. The number of nitrogen functional groups attached to an aromatic ring is 1. The fourth-order valence-corrected chi connectivity index (χ4v) is 9.22. The van der Waals surface area contributed by atoms with Gasteiger partial charge in [-0.1, -0.05) is 0 Å². The lowest BCUT2D eigenvalue weighted by Gasteiger charge is -2.43. The zero-order chi connectivity index (χ0) is 33.6. The van der Waals surface area contributed by atoms with Crippen LogP contribution in [0.3, 0.4) is 0 Å². The summed E-state index contributed by atoms with van der Waals surface area (Å²) in [7, 11) is 4.14. The summed E-state index contributed by atoms with van der Waals surface area (Å²) >= 11 is 0.959. The molecule has 7 heterocycles. The van der Waals surface area contributed by atoms with Crippen LogP contribution < -0.4 is 15.5 Å². The summed E-state index contributed by atoms with van der Waals surface area (Å²) in [4.78, 5) is 23.7. The lowest BCUT2D eigenvalue weighted by Crippen LogP contribution is -2.55. The van der Waals surface area contributed by atoms with Crippen molar-refractivity contribution < 1.29 is 18.6 Å². The number of aliphatic hydroxyl groups is 1. The molecule has 8 rings (SSSR count). The van der Waals surface area contributed by atoms with E-state index in [0.717, 1.165) is 62.0 Å². The van der Waals surface area contributed by atoms with Crippen LogP contribution in [0.5, 0.6) is 0 Å². The van der Waals surface area contributed by atoms with Gasteiger partial charge in [0.2, 0.25) is 5.95 Å². The van der Waals surface area contributed by atoms with Crippen LogP contribution in [0.4, 0.5) is 25.5 Å². The van der Waals surface area contributed by atoms with Gasteiger partial charge in [-0.3, -0.25) is 9.88 Å². The molecule has 14 heteroatoms. The van der Waals surface area contributed by atoms with E-state index in [0.29, 0.717) is 35.8 Å². The minimum Gasteiger partial charge on any atom is -0.392 e. The Hall–Kier alpha value is -3.74. The van der Waals surface area contributed by atoms with E-state index in [2.05, 4.69) is 51.7 Å². The molecule has 3 saturated heterocycles. The number of aromatic nitrogens is 3. The lowest BCUT2D eigenvalue weighted by atomic mass is 9.93. The van der Waals surface area contributed by atoms with Gasteiger partial charge >= 0.3 is 0 Å². The maximum absolute atomic E-state index is 17.5. The molecule has 11 nitrogen and oxygen atoms in total. The zero-order valence-electron chi connectivity index (χ0n) is 27.6. The van der Waals surface area contributed by atoms with Crippen LogP contribution in [-0.4, -0.2) is 100 Å². The third kappa shape index (κ3) is 4.74. The highest BCUT2D eigenvalue weighted by atomic mass is 32.1. The molecule has 48 heavy (non-hydrogen) atoms. The normalized spacial score (nSPS) is 24.7. The first-order valence-corrected chi connectivity index (χ1v) is 17.3. The number of rotatable bonds is 6. The fraction of sp³-hybridized carbons (Fsp3) is 0.529. The number of pyridine rings is 1. The number of hydrogen-bond acceptors (Lipinski definition) is 12. The van der Waals surface area contributed by atoms with E-state index in [-0.39, 0.29) is 68.3 Å². The molecule has 4 aliphatic rings. The molecule has 3 N–H and O–H groups in total. The molecule has 0 radical (unpaired) electrons. The first kappa shape index (κ1) is 31.5. The molecule has 4 aliphatic heterocycles. The Balaban J connectivity index is 1.38. The molecule has 0 aliphatic carbocycles. The number of halogens is 2. The van der Waals surface area contributed by atoms with Crippen molar-refractivity contribution in [1.29, 1.82) is 5.26 Å². The number of likely N-dealkylation sites (tertiary alicyclic amines) is 1. The number of nitriles is 1. The molecule has 252 valence electrons.